The molecule has 0 N–H and O–H groups in total. The molecule has 22 heavy (non-hydrogen) atoms. The second-order valence-electron chi connectivity index (χ2n) is 5.58. The first-order valence-electron chi connectivity index (χ1n) is 7.44. The van der Waals surface area contributed by atoms with E-state index < -0.39 is 0 Å². The molecule has 110 valence electrons. The van der Waals surface area contributed by atoms with Crippen molar-refractivity contribution < 1.29 is 4.79 Å². The lowest BCUT2D eigenvalue weighted by Gasteiger charge is -2.17. The van der Waals surface area contributed by atoms with E-state index in [9.17, 15) is 4.79 Å². The molecule has 1 atom stereocenters. The van der Waals surface area contributed by atoms with Gasteiger partial charge in [0.25, 0.3) is 5.91 Å². The number of hydrogen-bond acceptors (Lipinski definition) is 3. The van der Waals surface area contributed by atoms with E-state index in [1.165, 1.54) is 0 Å². The molecule has 0 bridgehead atoms. The van der Waals surface area contributed by atoms with E-state index >= 15 is 0 Å². The van der Waals surface area contributed by atoms with Crippen molar-refractivity contribution in [3.63, 3.8) is 0 Å². The van der Waals surface area contributed by atoms with Crippen molar-refractivity contribution in [3.05, 3.63) is 60.7 Å². The summed E-state index contributed by atoms with van der Waals surface area (Å²) < 4.78 is 2.19. The zero-order chi connectivity index (χ0) is 14.9. The van der Waals surface area contributed by atoms with Gasteiger partial charge in [0.05, 0.1) is 29.0 Å². The largest absolute Gasteiger partial charge is 0.336 e. The molecule has 1 amide bonds. The fourth-order valence-electron chi connectivity index (χ4n) is 3.09. The van der Waals surface area contributed by atoms with Crippen LogP contribution in [0.1, 0.15) is 22.8 Å². The van der Waals surface area contributed by atoms with Crippen molar-refractivity contribution in [3.8, 4) is 0 Å². The van der Waals surface area contributed by atoms with Crippen molar-refractivity contribution in [1.29, 1.82) is 0 Å². The maximum Gasteiger partial charge on any atom is 0.255 e. The fraction of sp³-hybridized carbons (Fsp3) is 0.235. The van der Waals surface area contributed by atoms with Crippen LogP contribution in [0.4, 0.5) is 0 Å². The normalized spacial score (nSPS) is 18.0. The summed E-state index contributed by atoms with van der Waals surface area (Å²) in [5.41, 5.74) is 2.78. The number of fused-ring (bicyclic) bond motifs is 1. The molecule has 0 unspecified atom stereocenters. The second-order valence-corrected chi connectivity index (χ2v) is 5.58. The number of aromatic nitrogens is 3. The first-order valence-corrected chi connectivity index (χ1v) is 7.44. The Kier molecular flexibility index (Phi) is 3.11. The van der Waals surface area contributed by atoms with Gasteiger partial charge in [0.1, 0.15) is 0 Å². The monoisotopic (exact) mass is 292 g/mol. The molecule has 0 saturated carbocycles. The van der Waals surface area contributed by atoms with E-state index in [-0.39, 0.29) is 11.9 Å². The molecule has 2 aromatic heterocycles. The Hall–Kier alpha value is -2.69. The molecule has 1 fully saturated rings. The minimum absolute atomic E-state index is 0.0556. The fourth-order valence-corrected chi connectivity index (χ4v) is 3.09. The van der Waals surface area contributed by atoms with Crippen LogP contribution >= 0.6 is 0 Å². The molecule has 1 saturated heterocycles. The molecule has 3 heterocycles. The average molecular weight is 292 g/mol. The SMILES string of the molecule is O=C(c1cccnc1)N1CC[C@H](n2cnc3ccccc32)C1. The van der Waals surface area contributed by atoms with Crippen LogP contribution in [0.5, 0.6) is 0 Å². The molecule has 4 rings (SSSR count). The molecular formula is C17H16N4O. The number of carbonyl (C=O) groups is 1. The molecule has 1 aliphatic rings. The van der Waals surface area contributed by atoms with Gasteiger partial charge in [0.2, 0.25) is 0 Å². The van der Waals surface area contributed by atoms with E-state index in [2.05, 4.69) is 20.6 Å². The van der Waals surface area contributed by atoms with Gasteiger partial charge < -0.3 is 9.47 Å². The topological polar surface area (TPSA) is 51.0 Å². The molecule has 5 heteroatoms. The highest BCUT2D eigenvalue weighted by molar-refractivity contribution is 5.94. The van der Waals surface area contributed by atoms with Crippen LogP contribution in [0.25, 0.3) is 11.0 Å². The van der Waals surface area contributed by atoms with E-state index in [4.69, 9.17) is 0 Å². The molecule has 5 nitrogen and oxygen atoms in total. The molecule has 0 spiro atoms. The Bertz CT molecular complexity index is 812. The van der Waals surface area contributed by atoms with Gasteiger partial charge in [0.15, 0.2) is 0 Å². The minimum Gasteiger partial charge on any atom is -0.336 e. The molecule has 3 aromatic rings. The lowest BCUT2D eigenvalue weighted by Crippen LogP contribution is -2.29. The third-order valence-corrected chi connectivity index (χ3v) is 4.23. The van der Waals surface area contributed by atoms with Crippen molar-refractivity contribution in [2.24, 2.45) is 0 Å². The highest BCUT2D eigenvalue weighted by Gasteiger charge is 2.28. The summed E-state index contributed by atoms with van der Waals surface area (Å²) in [5.74, 6) is 0.0556. The lowest BCUT2D eigenvalue weighted by molar-refractivity contribution is 0.0787. The van der Waals surface area contributed by atoms with Crippen molar-refractivity contribution in [2.45, 2.75) is 12.5 Å². The molecular weight excluding hydrogens is 276 g/mol. The smallest absolute Gasteiger partial charge is 0.255 e. The van der Waals surface area contributed by atoms with Gasteiger partial charge in [-0.3, -0.25) is 9.78 Å². The first-order chi connectivity index (χ1) is 10.8. The van der Waals surface area contributed by atoms with Crippen LogP contribution in [0.15, 0.2) is 55.1 Å². The Morgan fingerprint density at radius 3 is 2.95 bits per heavy atom. The van der Waals surface area contributed by atoms with Crippen LogP contribution in [0.2, 0.25) is 0 Å². The number of hydrogen-bond donors (Lipinski definition) is 0. The maximum atomic E-state index is 12.5. The molecule has 1 aromatic carbocycles. The average Bonchev–Trinajstić information content (AvgIpc) is 3.21. The molecule has 0 aliphatic carbocycles. The maximum absolute atomic E-state index is 12.5. The summed E-state index contributed by atoms with van der Waals surface area (Å²) >= 11 is 0. The van der Waals surface area contributed by atoms with Gasteiger partial charge in [-0.2, -0.15) is 0 Å². The molecule has 1 aliphatic heterocycles. The van der Waals surface area contributed by atoms with Crippen molar-refractivity contribution in [1.82, 2.24) is 19.4 Å². The minimum atomic E-state index is 0.0556. The molecule has 0 radical (unpaired) electrons. The van der Waals surface area contributed by atoms with E-state index in [1.807, 2.05) is 35.5 Å². The third kappa shape index (κ3) is 2.15. The van der Waals surface area contributed by atoms with Gasteiger partial charge in [-0.25, -0.2) is 4.98 Å². The Labute approximate surface area is 128 Å². The van der Waals surface area contributed by atoms with Gasteiger partial charge in [-0.15, -0.1) is 0 Å². The number of pyridine rings is 1. The standard InChI is InChI=1S/C17H16N4O/c22-17(13-4-3-8-18-10-13)20-9-7-14(11-20)21-12-19-15-5-1-2-6-16(15)21/h1-6,8,10,12,14H,7,9,11H2/t14-/m0/s1. The summed E-state index contributed by atoms with van der Waals surface area (Å²) in [5, 5.41) is 0. The lowest BCUT2D eigenvalue weighted by atomic mass is 10.2. The number of amides is 1. The summed E-state index contributed by atoms with van der Waals surface area (Å²) in [7, 11) is 0. The van der Waals surface area contributed by atoms with Crippen LogP contribution in [0, 0.1) is 0 Å². The Balaban J connectivity index is 1.56. The quantitative estimate of drug-likeness (QED) is 0.729. The van der Waals surface area contributed by atoms with Gasteiger partial charge in [0, 0.05) is 25.5 Å². The summed E-state index contributed by atoms with van der Waals surface area (Å²) in [6.07, 6.45) is 6.14. The highest BCUT2D eigenvalue weighted by atomic mass is 16.2. The summed E-state index contributed by atoms with van der Waals surface area (Å²) in [4.78, 5) is 22.9. The van der Waals surface area contributed by atoms with Gasteiger partial charge in [-0.05, 0) is 30.7 Å². The van der Waals surface area contributed by atoms with Crippen molar-refractivity contribution >= 4 is 16.9 Å². The number of carbonyl (C=O) groups excluding carboxylic acids is 1. The summed E-state index contributed by atoms with van der Waals surface area (Å²) in [6, 6.07) is 12.0. The van der Waals surface area contributed by atoms with Crippen LogP contribution < -0.4 is 0 Å². The van der Waals surface area contributed by atoms with E-state index in [0.717, 1.165) is 24.0 Å². The summed E-state index contributed by atoms with van der Waals surface area (Å²) in [6.45, 7) is 1.49. The first kappa shape index (κ1) is 13.0. The Morgan fingerprint density at radius 2 is 2.09 bits per heavy atom. The van der Waals surface area contributed by atoms with Crippen LogP contribution in [-0.2, 0) is 0 Å². The number of para-hydroxylation sites is 2. The van der Waals surface area contributed by atoms with Gasteiger partial charge in [-0.1, -0.05) is 12.1 Å². The number of imidazole rings is 1. The zero-order valence-electron chi connectivity index (χ0n) is 12.1. The van der Waals surface area contributed by atoms with E-state index in [0.29, 0.717) is 12.1 Å². The number of nitrogens with zero attached hydrogens (tertiary/aromatic N) is 4. The van der Waals surface area contributed by atoms with Crippen LogP contribution in [0.3, 0.4) is 0 Å². The Morgan fingerprint density at radius 1 is 1.18 bits per heavy atom. The van der Waals surface area contributed by atoms with Crippen molar-refractivity contribution in [2.75, 3.05) is 13.1 Å². The van der Waals surface area contributed by atoms with Crippen LogP contribution in [-0.4, -0.2) is 38.4 Å². The highest BCUT2D eigenvalue weighted by Crippen LogP contribution is 2.26. The number of rotatable bonds is 2. The number of benzene rings is 1. The van der Waals surface area contributed by atoms with E-state index in [1.54, 1.807) is 18.5 Å². The zero-order valence-corrected chi connectivity index (χ0v) is 12.1. The second kappa shape index (κ2) is 5.26. The predicted molar refractivity (Wildman–Crippen MR) is 83.5 cm³/mol. The number of likely N-dealkylation sites (tertiary alicyclic amines) is 1. The van der Waals surface area contributed by atoms with Gasteiger partial charge >= 0.3 is 0 Å². The predicted octanol–water partition coefficient (Wildman–Crippen LogP) is 2.52. The third-order valence-electron chi connectivity index (χ3n) is 4.23.